The van der Waals surface area contributed by atoms with Crippen LogP contribution in [0.2, 0.25) is 4.34 Å². The van der Waals surface area contributed by atoms with Crippen LogP contribution in [0.3, 0.4) is 0 Å². The molecule has 2 heterocycles. The van der Waals surface area contributed by atoms with Crippen molar-refractivity contribution in [3.63, 3.8) is 0 Å². The van der Waals surface area contributed by atoms with Crippen molar-refractivity contribution in [2.45, 2.75) is 17.1 Å². The van der Waals surface area contributed by atoms with Crippen LogP contribution in [0.5, 0.6) is 11.5 Å². The quantitative estimate of drug-likeness (QED) is 0.809. The van der Waals surface area contributed by atoms with Crippen LogP contribution >= 0.6 is 34.9 Å². The minimum Gasteiger partial charge on any atom is -0.490 e. The molecule has 0 saturated carbocycles. The first-order chi connectivity index (χ1) is 9.33. The van der Waals surface area contributed by atoms with E-state index in [0.29, 0.717) is 23.3 Å². The molecule has 4 nitrogen and oxygen atoms in total. The summed E-state index contributed by atoms with van der Waals surface area (Å²) in [6.45, 7) is 1.41. The van der Waals surface area contributed by atoms with Crippen molar-refractivity contribution in [3.05, 3.63) is 28.2 Å². The highest BCUT2D eigenvalue weighted by Crippen LogP contribution is 2.35. The van der Waals surface area contributed by atoms with Gasteiger partial charge in [-0.15, -0.1) is 16.9 Å². The summed E-state index contributed by atoms with van der Waals surface area (Å²) in [5.41, 5.74) is 0.823. The van der Waals surface area contributed by atoms with E-state index < -0.39 is 0 Å². The van der Waals surface area contributed by atoms with Crippen molar-refractivity contribution in [2.75, 3.05) is 13.2 Å². The van der Waals surface area contributed by atoms with Crippen LogP contribution in [0, 0.1) is 0 Å². The van der Waals surface area contributed by atoms with Crippen molar-refractivity contribution in [1.82, 2.24) is 9.59 Å². The number of halogens is 1. The number of nitrogens with zero attached hydrogens (tertiary/aromatic N) is 2. The van der Waals surface area contributed by atoms with E-state index in [4.69, 9.17) is 21.1 Å². The van der Waals surface area contributed by atoms with Gasteiger partial charge in [-0.05, 0) is 18.2 Å². The Morgan fingerprint density at radius 3 is 2.89 bits per heavy atom. The molecule has 7 heteroatoms. The molecule has 1 aromatic carbocycles. The fraction of sp³-hybridized carbons (Fsp3) is 0.333. The smallest absolute Gasteiger partial charge is 0.162 e. The maximum Gasteiger partial charge on any atom is 0.162 e. The molecule has 0 atom stereocenters. The summed E-state index contributed by atoms with van der Waals surface area (Å²) in [4.78, 5) is 1.10. The standard InChI is InChI=1S/C12H11ClN2O2S2/c13-12-9(14-15-19-12)7-18-8-2-3-10-11(6-8)17-5-1-4-16-10/h2-3,6H,1,4-5,7H2. The van der Waals surface area contributed by atoms with Gasteiger partial charge >= 0.3 is 0 Å². The van der Waals surface area contributed by atoms with Crippen molar-refractivity contribution < 1.29 is 9.47 Å². The summed E-state index contributed by atoms with van der Waals surface area (Å²) in [5.74, 6) is 2.33. The summed E-state index contributed by atoms with van der Waals surface area (Å²) in [7, 11) is 0. The fourth-order valence-electron chi connectivity index (χ4n) is 1.67. The molecule has 1 aliphatic rings. The van der Waals surface area contributed by atoms with Gasteiger partial charge in [0, 0.05) is 28.6 Å². The summed E-state index contributed by atoms with van der Waals surface area (Å²) in [6, 6.07) is 5.97. The van der Waals surface area contributed by atoms with Crippen LogP contribution in [0.4, 0.5) is 0 Å². The number of ether oxygens (including phenoxy) is 2. The first kappa shape index (κ1) is 13.0. The van der Waals surface area contributed by atoms with Gasteiger partial charge < -0.3 is 9.47 Å². The molecule has 3 rings (SSSR count). The van der Waals surface area contributed by atoms with Gasteiger partial charge in [-0.2, -0.15) is 0 Å². The van der Waals surface area contributed by atoms with Crippen LogP contribution in [0.15, 0.2) is 23.1 Å². The van der Waals surface area contributed by atoms with E-state index in [9.17, 15) is 0 Å². The minimum absolute atomic E-state index is 0.654. The van der Waals surface area contributed by atoms with Crippen molar-refractivity contribution in [3.8, 4) is 11.5 Å². The number of thioether (sulfide) groups is 1. The molecule has 1 aromatic heterocycles. The van der Waals surface area contributed by atoms with Crippen LogP contribution in [0.1, 0.15) is 12.1 Å². The van der Waals surface area contributed by atoms with Crippen LogP contribution < -0.4 is 9.47 Å². The predicted octanol–water partition coefficient (Wildman–Crippen LogP) is 3.65. The van der Waals surface area contributed by atoms with Crippen molar-refractivity contribution in [2.24, 2.45) is 0 Å². The van der Waals surface area contributed by atoms with Gasteiger partial charge in [-0.3, -0.25) is 0 Å². The highest BCUT2D eigenvalue weighted by Gasteiger charge is 2.12. The van der Waals surface area contributed by atoms with Gasteiger partial charge in [-0.25, -0.2) is 0 Å². The third kappa shape index (κ3) is 3.13. The minimum atomic E-state index is 0.654. The van der Waals surface area contributed by atoms with E-state index in [1.165, 1.54) is 11.5 Å². The Labute approximate surface area is 124 Å². The Morgan fingerprint density at radius 2 is 2.11 bits per heavy atom. The molecule has 0 bridgehead atoms. The van der Waals surface area contributed by atoms with Gasteiger partial charge in [0.25, 0.3) is 0 Å². The zero-order valence-electron chi connectivity index (χ0n) is 9.97. The predicted molar refractivity (Wildman–Crippen MR) is 76.5 cm³/mol. The van der Waals surface area contributed by atoms with Gasteiger partial charge in [0.2, 0.25) is 0 Å². The second-order valence-electron chi connectivity index (χ2n) is 3.94. The molecule has 0 N–H and O–H groups in total. The van der Waals surface area contributed by atoms with E-state index in [0.717, 1.165) is 28.5 Å². The Hall–Kier alpha value is -0.980. The average Bonchev–Trinajstić information content (AvgIpc) is 2.70. The summed E-state index contributed by atoms with van der Waals surface area (Å²) >= 11 is 8.85. The number of rotatable bonds is 3. The second kappa shape index (κ2) is 5.98. The first-order valence-electron chi connectivity index (χ1n) is 5.82. The second-order valence-corrected chi connectivity index (χ2v) is 6.35. The normalized spacial score (nSPS) is 14.2. The van der Waals surface area contributed by atoms with E-state index in [2.05, 4.69) is 9.59 Å². The van der Waals surface area contributed by atoms with Gasteiger partial charge in [0.1, 0.15) is 10.0 Å². The fourth-order valence-corrected chi connectivity index (χ4v) is 3.33. The largest absolute Gasteiger partial charge is 0.490 e. The Kier molecular flexibility index (Phi) is 4.10. The molecule has 0 aliphatic carbocycles. The number of aromatic nitrogens is 2. The van der Waals surface area contributed by atoms with Crippen molar-refractivity contribution in [1.29, 1.82) is 0 Å². The first-order valence-corrected chi connectivity index (χ1v) is 7.96. The molecule has 0 unspecified atom stereocenters. The lowest BCUT2D eigenvalue weighted by Gasteiger charge is -2.08. The maximum absolute atomic E-state index is 5.98. The third-order valence-corrected chi connectivity index (χ3v) is 4.59. The number of fused-ring (bicyclic) bond motifs is 1. The molecule has 0 fully saturated rings. The zero-order valence-corrected chi connectivity index (χ0v) is 12.4. The van der Waals surface area contributed by atoms with Crippen LogP contribution in [-0.4, -0.2) is 22.8 Å². The van der Waals surface area contributed by atoms with Gasteiger partial charge in [0.15, 0.2) is 11.5 Å². The van der Waals surface area contributed by atoms with Gasteiger partial charge in [-0.1, -0.05) is 16.1 Å². The third-order valence-electron chi connectivity index (χ3n) is 2.60. The van der Waals surface area contributed by atoms with Crippen molar-refractivity contribution >= 4 is 34.9 Å². The Balaban J connectivity index is 1.72. The molecule has 100 valence electrons. The highest BCUT2D eigenvalue weighted by molar-refractivity contribution is 7.98. The number of hydrogen-bond donors (Lipinski definition) is 0. The molecular weight excluding hydrogens is 304 g/mol. The molecule has 19 heavy (non-hydrogen) atoms. The Morgan fingerprint density at radius 1 is 1.26 bits per heavy atom. The number of hydrogen-bond acceptors (Lipinski definition) is 6. The lowest BCUT2D eigenvalue weighted by Crippen LogP contribution is -1.97. The SMILES string of the molecule is Clc1snnc1CSc1ccc2c(c1)OCCCO2. The molecule has 0 radical (unpaired) electrons. The summed E-state index contributed by atoms with van der Waals surface area (Å²) < 4.78 is 15.7. The van der Waals surface area contributed by atoms with Gasteiger partial charge in [0.05, 0.1) is 13.2 Å². The van der Waals surface area contributed by atoms with Crippen LogP contribution in [-0.2, 0) is 5.75 Å². The topological polar surface area (TPSA) is 44.2 Å². The molecular formula is C12H11ClN2O2S2. The molecule has 0 spiro atoms. The monoisotopic (exact) mass is 314 g/mol. The summed E-state index contributed by atoms with van der Waals surface area (Å²) in [5, 5.41) is 3.99. The van der Waals surface area contributed by atoms with E-state index in [1.807, 2.05) is 18.2 Å². The molecule has 1 aliphatic heterocycles. The molecule has 0 amide bonds. The van der Waals surface area contributed by atoms with Crippen LogP contribution in [0.25, 0.3) is 0 Å². The van der Waals surface area contributed by atoms with E-state index in [1.54, 1.807) is 11.8 Å². The highest BCUT2D eigenvalue weighted by atomic mass is 35.5. The van der Waals surface area contributed by atoms with E-state index >= 15 is 0 Å². The maximum atomic E-state index is 5.98. The lowest BCUT2D eigenvalue weighted by molar-refractivity contribution is 0.297. The Bertz CT molecular complexity index is 577. The zero-order chi connectivity index (χ0) is 13.1. The average molecular weight is 315 g/mol. The lowest BCUT2D eigenvalue weighted by atomic mass is 10.3. The number of benzene rings is 1. The summed E-state index contributed by atoms with van der Waals surface area (Å²) in [6.07, 6.45) is 0.914. The molecule has 2 aromatic rings. The molecule has 0 saturated heterocycles. The van der Waals surface area contributed by atoms with E-state index in [-0.39, 0.29) is 0 Å².